The summed E-state index contributed by atoms with van der Waals surface area (Å²) in [5.74, 6) is -0.751. The molecule has 0 amide bonds. The van der Waals surface area contributed by atoms with Crippen LogP contribution in [0.3, 0.4) is 0 Å². The van der Waals surface area contributed by atoms with Crippen molar-refractivity contribution < 1.29 is 42.7 Å². The van der Waals surface area contributed by atoms with E-state index < -0.39 is 29.4 Å². The first-order chi connectivity index (χ1) is 21.5. The lowest BCUT2D eigenvalue weighted by atomic mass is 9.72. The number of ketones is 1. The fraction of sp³-hybridized carbons (Fsp3) is 0.343. The first-order valence-corrected chi connectivity index (χ1v) is 14.5. The van der Waals surface area contributed by atoms with Gasteiger partial charge in [-0.05, 0) is 17.5 Å². The molecule has 3 aromatic rings. The van der Waals surface area contributed by atoms with Crippen molar-refractivity contribution >= 4 is 5.78 Å². The van der Waals surface area contributed by atoms with Crippen LogP contribution in [0.1, 0.15) is 53.4 Å². The number of allylic oxidation sites excluding steroid dienone is 1. The van der Waals surface area contributed by atoms with Crippen molar-refractivity contribution in [2.45, 2.75) is 42.5 Å². The van der Waals surface area contributed by atoms with Crippen LogP contribution in [-0.2, 0) is 34.1 Å². The largest absolute Gasteiger partial charge is 0.496 e. The molecule has 3 heterocycles. The van der Waals surface area contributed by atoms with Crippen molar-refractivity contribution in [3.63, 3.8) is 0 Å². The summed E-state index contributed by atoms with van der Waals surface area (Å²) < 4.78 is 50.9. The monoisotopic (exact) mass is 598 g/mol. The van der Waals surface area contributed by atoms with Crippen LogP contribution in [0.4, 0.5) is 0 Å². The lowest BCUT2D eigenvalue weighted by Gasteiger charge is -2.49. The van der Waals surface area contributed by atoms with E-state index in [0.29, 0.717) is 41.2 Å². The highest BCUT2D eigenvalue weighted by Crippen LogP contribution is 2.68. The first kappa shape index (κ1) is 28.5. The molecule has 0 saturated heterocycles. The van der Waals surface area contributed by atoms with Gasteiger partial charge in [-0.15, -0.1) is 0 Å². The second kappa shape index (κ2) is 10.7. The number of fused-ring (bicyclic) bond motifs is 4. The summed E-state index contributed by atoms with van der Waals surface area (Å²) in [6.45, 7) is 0. The number of benzene rings is 3. The summed E-state index contributed by atoms with van der Waals surface area (Å²) in [6.07, 6.45) is 1.65. The summed E-state index contributed by atoms with van der Waals surface area (Å²) >= 11 is 0. The molecule has 1 spiro atoms. The molecule has 0 unspecified atom stereocenters. The zero-order valence-corrected chi connectivity index (χ0v) is 25.2. The molecule has 3 aliphatic heterocycles. The third-order valence-corrected chi connectivity index (χ3v) is 9.06. The minimum absolute atomic E-state index is 0.00195. The van der Waals surface area contributed by atoms with Crippen LogP contribution in [0, 0.1) is 0 Å². The zero-order valence-electron chi connectivity index (χ0n) is 25.2. The molecule has 0 N–H and O–H groups in total. The van der Waals surface area contributed by atoms with Crippen LogP contribution >= 0.6 is 0 Å². The van der Waals surface area contributed by atoms with Crippen LogP contribution in [0.2, 0.25) is 0 Å². The second-order valence-electron chi connectivity index (χ2n) is 11.0. The molecule has 44 heavy (non-hydrogen) atoms. The predicted octanol–water partition coefficient (Wildman–Crippen LogP) is 6.01. The van der Waals surface area contributed by atoms with Crippen LogP contribution in [0.25, 0.3) is 0 Å². The standard InChI is InChI=1S/C35H34O9/c1-37-25-18-24(21-14-10-7-11-15-21)42-26-19-27(38-2)29-31(28(25)26)44-35-22(16-17-23(43-35)20-12-8-6-9-13-20)30(36)32(39-3)33(40-4)34(29,35)41-5/h6-16,19,23-25H,17-18H2,1-5H3/t23-,24-,25+,34-,35-/m1/s1. The molecule has 0 bridgehead atoms. The van der Waals surface area contributed by atoms with Gasteiger partial charge in [0.15, 0.2) is 5.76 Å². The number of hydrogen-bond donors (Lipinski definition) is 0. The van der Waals surface area contributed by atoms with E-state index in [1.165, 1.54) is 21.3 Å². The van der Waals surface area contributed by atoms with Crippen LogP contribution < -0.4 is 14.2 Å². The molecule has 228 valence electrons. The van der Waals surface area contributed by atoms with Gasteiger partial charge in [-0.1, -0.05) is 66.7 Å². The quantitative estimate of drug-likeness (QED) is 0.324. The number of carbonyl (C=O) groups excluding carboxylic acids is 1. The van der Waals surface area contributed by atoms with Crippen molar-refractivity contribution in [1.29, 1.82) is 0 Å². The van der Waals surface area contributed by atoms with Crippen molar-refractivity contribution in [2.24, 2.45) is 0 Å². The molecule has 5 atom stereocenters. The third-order valence-electron chi connectivity index (χ3n) is 9.06. The Morgan fingerprint density at radius 3 is 2.11 bits per heavy atom. The van der Waals surface area contributed by atoms with Gasteiger partial charge < -0.3 is 37.9 Å². The molecule has 0 radical (unpaired) electrons. The molecule has 7 rings (SSSR count). The lowest BCUT2D eigenvalue weighted by molar-refractivity contribution is -0.281. The zero-order chi connectivity index (χ0) is 30.6. The Kier molecular flexibility index (Phi) is 6.92. The molecule has 9 nitrogen and oxygen atoms in total. The van der Waals surface area contributed by atoms with Gasteiger partial charge in [-0.3, -0.25) is 4.79 Å². The number of ether oxygens (including phenoxy) is 8. The number of rotatable bonds is 7. The summed E-state index contributed by atoms with van der Waals surface area (Å²) in [6, 6.07) is 21.6. The van der Waals surface area contributed by atoms with Crippen molar-refractivity contribution in [3.8, 4) is 17.2 Å². The Morgan fingerprint density at radius 2 is 1.52 bits per heavy atom. The van der Waals surface area contributed by atoms with E-state index in [1.807, 2.05) is 72.8 Å². The van der Waals surface area contributed by atoms with Gasteiger partial charge in [0, 0.05) is 26.7 Å². The van der Waals surface area contributed by atoms with Crippen molar-refractivity contribution in [1.82, 2.24) is 0 Å². The molecule has 3 aromatic carbocycles. The van der Waals surface area contributed by atoms with E-state index in [4.69, 9.17) is 37.9 Å². The Bertz CT molecular complexity index is 1660. The molecule has 9 heteroatoms. The Balaban J connectivity index is 1.50. The number of methoxy groups -OCH3 is 5. The maximum Gasteiger partial charge on any atom is 0.283 e. The van der Waals surface area contributed by atoms with Crippen LogP contribution in [0.5, 0.6) is 17.2 Å². The summed E-state index contributed by atoms with van der Waals surface area (Å²) in [5, 5.41) is 0. The van der Waals surface area contributed by atoms with Gasteiger partial charge in [-0.25, -0.2) is 0 Å². The number of Topliss-reactive ketones (excluding diaryl/α,β-unsaturated/α-hetero) is 1. The van der Waals surface area contributed by atoms with Crippen molar-refractivity contribution in [2.75, 3.05) is 35.5 Å². The summed E-state index contributed by atoms with van der Waals surface area (Å²) in [7, 11) is 7.65. The topological polar surface area (TPSA) is 90.9 Å². The fourth-order valence-electron chi connectivity index (χ4n) is 7.15. The molecular formula is C35H34O9. The molecule has 0 aromatic heterocycles. The maximum atomic E-state index is 14.1. The minimum atomic E-state index is -1.79. The van der Waals surface area contributed by atoms with E-state index >= 15 is 0 Å². The molecule has 1 aliphatic carbocycles. The number of hydrogen-bond acceptors (Lipinski definition) is 9. The van der Waals surface area contributed by atoms with E-state index in [1.54, 1.807) is 14.2 Å². The van der Waals surface area contributed by atoms with Gasteiger partial charge in [0.25, 0.3) is 5.79 Å². The highest BCUT2D eigenvalue weighted by molar-refractivity contribution is 6.11. The van der Waals surface area contributed by atoms with Gasteiger partial charge in [0.1, 0.15) is 23.4 Å². The molecule has 0 saturated carbocycles. The highest BCUT2D eigenvalue weighted by Gasteiger charge is 2.75. The molecular weight excluding hydrogens is 564 g/mol. The SMILES string of the molecule is COC1=C(OC)[C@]2(OC)c3c(OC)cc4c(c3O[C@@]23O[C@@H](c2ccccc2)CC=C3C1=O)[C@@H](OC)C[C@H](c1ccccc1)O4. The van der Waals surface area contributed by atoms with Gasteiger partial charge in [-0.2, -0.15) is 0 Å². The van der Waals surface area contributed by atoms with E-state index in [0.717, 1.165) is 11.1 Å². The van der Waals surface area contributed by atoms with Crippen molar-refractivity contribution in [3.05, 3.63) is 112 Å². The average molecular weight is 599 g/mol. The maximum absolute atomic E-state index is 14.1. The molecule has 4 aliphatic rings. The summed E-state index contributed by atoms with van der Waals surface area (Å²) in [5.41, 5.74) is 1.72. The molecule has 0 fully saturated rings. The normalized spacial score (nSPS) is 28.4. The number of carbonyl (C=O) groups is 1. The Morgan fingerprint density at radius 1 is 0.841 bits per heavy atom. The predicted molar refractivity (Wildman–Crippen MR) is 158 cm³/mol. The lowest BCUT2D eigenvalue weighted by Crippen LogP contribution is -2.63. The minimum Gasteiger partial charge on any atom is -0.496 e. The average Bonchev–Trinajstić information content (AvgIpc) is 3.37. The van der Waals surface area contributed by atoms with Gasteiger partial charge in [0.05, 0.1) is 50.2 Å². The fourth-order valence-corrected chi connectivity index (χ4v) is 7.15. The Labute approximate surface area is 255 Å². The van der Waals surface area contributed by atoms with Gasteiger partial charge in [0.2, 0.25) is 17.1 Å². The first-order valence-electron chi connectivity index (χ1n) is 14.5. The summed E-state index contributed by atoms with van der Waals surface area (Å²) in [4.78, 5) is 14.1. The van der Waals surface area contributed by atoms with Gasteiger partial charge >= 0.3 is 0 Å². The van der Waals surface area contributed by atoms with E-state index in [-0.39, 0.29) is 23.2 Å². The third kappa shape index (κ3) is 3.73. The van der Waals surface area contributed by atoms with E-state index in [2.05, 4.69) is 0 Å². The van der Waals surface area contributed by atoms with Crippen LogP contribution in [-0.4, -0.2) is 47.1 Å². The smallest absolute Gasteiger partial charge is 0.283 e. The Hall–Kier alpha value is -4.31. The second-order valence-corrected chi connectivity index (χ2v) is 11.0. The highest BCUT2D eigenvalue weighted by atomic mass is 16.7. The van der Waals surface area contributed by atoms with Crippen LogP contribution in [0.15, 0.2) is 89.9 Å². The van der Waals surface area contributed by atoms with E-state index in [9.17, 15) is 4.79 Å².